The summed E-state index contributed by atoms with van der Waals surface area (Å²) in [6.45, 7) is 8.35. The van der Waals surface area contributed by atoms with E-state index < -0.39 is 0 Å². The first-order valence-electron chi connectivity index (χ1n) is 12.2. The largest absolute Gasteiger partial charge is 0.494 e. The molecule has 0 aromatic heterocycles. The molecule has 7 nitrogen and oxygen atoms in total. The average Bonchev–Trinajstić information content (AvgIpc) is 2.86. The fourth-order valence-electron chi connectivity index (χ4n) is 4.14. The Morgan fingerprint density at radius 2 is 1.63 bits per heavy atom. The van der Waals surface area contributed by atoms with E-state index in [0.717, 1.165) is 18.6 Å². The fraction of sp³-hybridized carbons (Fsp3) is 0.500. The number of amides is 2. The van der Waals surface area contributed by atoms with Crippen LogP contribution in [0, 0.1) is 0 Å². The van der Waals surface area contributed by atoms with E-state index in [1.807, 2.05) is 17.0 Å². The highest BCUT2D eigenvalue weighted by Gasteiger charge is 2.24. The quantitative estimate of drug-likeness (QED) is 0.530. The smallest absolute Gasteiger partial charge is 0.251 e. The van der Waals surface area contributed by atoms with E-state index in [1.54, 1.807) is 32.4 Å². The Morgan fingerprint density at radius 3 is 2.23 bits per heavy atom. The number of hydrogen-bond donors (Lipinski definition) is 1. The van der Waals surface area contributed by atoms with Crippen molar-refractivity contribution in [2.75, 3.05) is 33.9 Å². The summed E-state index contributed by atoms with van der Waals surface area (Å²) in [6, 6.07) is 13.3. The summed E-state index contributed by atoms with van der Waals surface area (Å²) in [7, 11) is 3.11. The second-order valence-corrected chi connectivity index (χ2v) is 9.92. The normalized spacial score (nSPS) is 14.4. The third kappa shape index (κ3) is 7.38. The minimum absolute atomic E-state index is 0.0408. The maximum atomic E-state index is 12.7. The summed E-state index contributed by atoms with van der Waals surface area (Å²) in [5, 5.41) is 3.07. The molecule has 1 aliphatic rings. The summed E-state index contributed by atoms with van der Waals surface area (Å²) in [4.78, 5) is 27.1. The molecule has 0 atom stereocenters. The van der Waals surface area contributed by atoms with Crippen LogP contribution < -0.4 is 19.5 Å². The molecule has 1 N–H and O–H groups in total. The lowest BCUT2D eigenvalue weighted by atomic mass is 9.87. The SMILES string of the molecule is COc1ccc(C(=O)NC2CCN(C(=O)CCCOc3ccc(C(C)(C)C)cc3)CC2)cc1OC. The molecule has 35 heavy (non-hydrogen) atoms. The van der Waals surface area contributed by atoms with Gasteiger partial charge in [-0.1, -0.05) is 32.9 Å². The van der Waals surface area contributed by atoms with Crippen LogP contribution >= 0.6 is 0 Å². The summed E-state index contributed by atoms with van der Waals surface area (Å²) < 4.78 is 16.3. The topological polar surface area (TPSA) is 77.1 Å². The third-order valence-electron chi connectivity index (χ3n) is 6.35. The highest BCUT2D eigenvalue weighted by molar-refractivity contribution is 5.95. The zero-order valence-electron chi connectivity index (χ0n) is 21.6. The molecule has 2 aromatic rings. The van der Waals surface area contributed by atoms with Crippen LogP contribution in [0.3, 0.4) is 0 Å². The van der Waals surface area contributed by atoms with Crippen LogP contribution in [-0.2, 0) is 10.2 Å². The summed E-state index contributed by atoms with van der Waals surface area (Å²) in [5.74, 6) is 1.92. The van der Waals surface area contributed by atoms with Crippen LogP contribution in [0.1, 0.15) is 62.4 Å². The number of rotatable bonds is 9. The number of nitrogens with zero attached hydrogens (tertiary/aromatic N) is 1. The van der Waals surface area contributed by atoms with Gasteiger partial charge in [0.15, 0.2) is 11.5 Å². The van der Waals surface area contributed by atoms with Gasteiger partial charge < -0.3 is 24.4 Å². The lowest BCUT2D eigenvalue weighted by molar-refractivity contribution is -0.132. The molecule has 2 aromatic carbocycles. The maximum absolute atomic E-state index is 12.7. The number of ether oxygens (including phenoxy) is 3. The van der Waals surface area contributed by atoms with E-state index in [4.69, 9.17) is 14.2 Å². The minimum Gasteiger partial charge on any atom is -0.494 e. The molecule has 3 rings (SSSR count). The number of likely N-dealkylation sites (tertiary alicyclic amines) is 1. The van der Waals surface area contributed by atoms with Gasteiger partial charge >= 0.3 is 0 Å². The maximum Gasteiger partial charge on any atom is 0.251 e. The summed E-state index contributed by atoms with van der Waals surface area (Å²) in [6.07, 6.45) is 2.61. The fourth-order valence-corrected chi connectivity index (χ4v) is 4.14. The first kappa shape index (κ1) is 26.4. The number of hydrogen-bond acceptors (Lipinski definition) is 5. The molecule has 0 radical (unpaired) electrons. The molecule has 0 bridgehead atoms. The Morgan fingerprint density at radius 1 is 0.971 bits per heavy atom. The molecule has 1 saturated heterocycles. The van der Waals surface area contributed by atoms with Crippen LogP contribution in [0.4, 0.5) is 0 Å². The van der Waals surface area contributed by atoms with Gasteiger partial charge in [0.2, 0.25) is 5.91 Å². The summed E-state index contributed by atoms with van der Waals surface area (Å²) >= 11 is 0. The average molecular weight is 483 g/mol. The van der Waals surface area contributed by atoms with Crippen LogP contribution in [0.2, 0.25) is 0 Å². The van der Waals surface area contributed by atoms with Gasteiger partial charge in [0.25, 0.3) is 5.91 Å². The van der Waals surface area contributed by atoms with Crippen molar-refractivity contribution in [1.82, 2.24) is 10.2 Å². The number of methoxy groups -OCH3 is 2. The number of carbonyl (C=O) groups is 2. The van der Waals surface area contributed by atoms with Gasteiger partial charge in [-0.05, 0) is 60.6 Å². The monoisotopic (exact) mass is 482 g/mol. The Hall–Kier alpha value is -3.22. The van der Waals surface area contributed by atoms with Crippen molar-refractivity contribution in [2.45, 2.75) is 57.9 Å². The highest BCUT2D eigenvalue weighted by atomic mass is 16.5. The second kappa shape index (κ2) is 12.0. The molecule has 0 unspecified atom stereocenters. The lowest BCUT2D eigenvalue weighted by Gasteiger charge is -2.32. The van der Waals surface area contributed by atoms with Crippen molar-refractivity contribution in [3.63, 3.8) is 0 Å². The van der Waals surface area contributed by atoms with E-state index in [1.165, 1.54) is 5.56 Å². The van der Waals surface area contributed by atoms with Gasteiger partial charge in [-0.2, -0.15) is 0 Å². The minimum atomic E-state index is -0.150. The first-order valence-corrected chi connectivity index (χ1v) is 12.2. The molecule has 2 amide bonds. The molecule has 190 valence electrons. The van der Waals surface area contributed by atoms with Crippen LogP contribution in [0.5, 0.6) is 17.2 Å². The van der Waals surface area contributed by atoms with Crippen LogP contribution in [-0.4, -0.2) is 56.7 Å². The summed E-state index contributed by atoms with van der Waals surface area (Å²) in [5.41, 5.74) is 1.90. The molecule has 0 saturated carbocycles. The number of carbonyl (C=O) groups excluding carboxylic acids is 2. The van der Waals surface area contributed by atoms with E-state index in [0.29, 0.717) is 49.6 Å². The van der Waals surface area contributed by atoms with Crippen LogP contribution in [0.25, 0.3) is 0 Å². The predicted molar refractivity (Wildman–Crippen MR) is 136 cm³/mol. The van der Waals surface area contributed by atoms with Gasteiger partial charge in [-0.3, -0.25) is 9.59 Å². The molecule has 0 spiro atoms. The Balaban J connectivity index is 1.37. The predicted octanol–water partition coefficient (Wildman–Crippen LogP) is 4.58. The zero-order chi connectivity index (χ0) is 25.4. The number of nitrogens with one attached hydrogen (secondary N) is 1. The Kier molecular flexibility index (Phi) is 9.01. The van der Waals surface area contributed by atoms with Crippen LogP contribution in [0.15, 0.2) is 42.5 Å². The third-order valence-corrected chi connectivity index (χ3v) is 6.35. The van der Waals surface area contributed by atoms with Crippen molar-refractivity contribution in [2.24, 2.45) is 0 Å². The molecule has 1 aliphatic heterocycles. The Labute approximate surface area is 208 Å². The van der Waals surface area contributed by atoms with Gasteiger partial charge in [-0.15, -0.1) is 0 Å². The van der Waals surface area contributed by atoms with Gasteiger partial charge in [0, 0.05) is 31.1 Å². The van der Waals surface area contributed by atoms with Crippen molar-refractivity contribution in [3.8, 4) is 17.2 Å². The zero-order valence-corrected chi connectivity index (χ0v) is 21.6. The standard InChI is InChI=1S/C28H38N2O5/c1-28(2,3)21-9-11-23(12-10-21)35-18-6-7-26(31)30-16-14-22(15-17-30)29-27(32)20-8-13-24(33-4)25(19-20)34-5/h8-13,19,22H,6-7,14-18H2,1-5H3,(H,29,32). The molecular weight excluding hydrogens is 444 g/mol. The van der Waals surface area contributed by atoms with Gasteiger partial charge in [-0.25, -0.2) is 0 Å². The van der Waals surface area contributed by atoms with Crippen molar-refractivity contribution >= 4 is 11.8 Å². The molecule has 7 heteroatoms. The first-order chi connectivity index (χ1) is 16.7. The molecule has 1 fully saturated rings. The molecular formula is C28H38N2O5. The van der Waals surface area contributed by atoms with Gasteiger partial charge in [0.05, 0.1) is 20.8 Å². The van der Waals surface area contributed by atoms with Crippen molar-refractivity contribution in [1.29, 1.82) is 0 Å². The number of piperidine rings is 1. The Bertz CT molecular complexity index is 989. The van der Waals surface area contributed by atoms with Gasteiger partial charge in [0.1, 0.15) is 5.75 Å². The van der Waals surface area contributed by atoms with E-state index in [-0.39, 0.29) is 23.3 Å². The second-order valence-electron chi connectivity index (χ2n) is 9.92. The lowest BCUT2D eigenvalue weighted by Crippen LogP contribution is -2.46. The van der Waals surface area contributed by atoms with Crippen molar-refractivity contribution in [3.05, 3.63) is 53.6 Å². The number of benzene rings is 2. The highest BCUT2D eigenvalue weighted by Crippen LogP contribution is 2.28. The van der Waals surface area contributed by atoms with Crippen molar-refractivity contribution < 1.29 is 23.8 Å². The van der Waals surface area contributed by atoms with E-state index >= 15 is 0 Å². The van der Waals surface area contributed by atoms with E-state index in [2.05, 4.69) is 38.2 Å². The molecule has 1 heterocycles. The van der Waals surface area contributed by atoms with E-state index in [9.17, 15) is 9.59 Å². The molecule has 0 aliphatic carbocycles.